The zero-order valence-electron chi connectivity index (χ0n) is 16.3. The molecule has 0 aliphatic carbocycles. The van der Waals surface area contributed by atoms with Gasteiger partial charge < -0.3 is 14.5 Å². The van der Waals surface area contributed by atoms with Crippen LogP contribution in [0.1, 0.15) is 11.1 Å². The molecule has 0 unspecified atom stereocenters. The first-order chi connectivity index (χ1) is 14.4. The lowest BCUT2D eigenvalue weighted by atomic mass is 10.1. The summed E-state index contributed by atoms with van der Waals surface area (Å²) in [6.07, 6.45) is 0. The van der Waals surface area contributed by atoms with Gasteiger partial charge in [-0.15, -0.1) is 0 Å². The predicted molar refractivity (Wildman–Crippen MR) is 127 cm³/mol. The number of nitrogens with one attached hydrogen (secondary N) is 1. The zero-order valence-corrected chi connectivity index (χ0v) is 19.2. The molecule has 152 valence electrons. The van der Waals surface area contributed by atoms with Crippen molar-refractivity contribution in [1.82, 2.24) is 4.98 Å². The molecular weight excluding hydrogens is 515 g/mol. The molecule has 0 bridgehead atoms. The van der Waals surface area contributed by atoms with Gasteiger partial charge in [0.2, 0.25) is 5.89 Å². The van der Waals surface area contributed by atoms with E-state index in [0.717, 1.165) is 20.3 Å². The second-order valence-electron chi connectivity index (χ2n) is 6.99. The summed E-state index contributed by atoms with van der Waals surface area (Å²) in [5.41, 5.74) is 4.77. The van der Waals surface area contributed by atoms with E-state index in [4.69, 9.17) is 20.8 Å². The molecule has 4 rings (SSSR count). The number of aryl methyl sites for hydroxylation is 2. The second kappa shape index (κ2) is 8.65. The van der Waals surface area contributed by atoms with E-state index in [0.29, 0.717) is 33.4 Å². The van der Waals surface area contributed by atoms with Crippen LogP contribution >= 0.6 is 34.2 Å². The van der Waals surface area contributed by atoms with Gasteiger partial charge in [-0.1, -0.05) is 17.7 Å². The van der Waals surface area contributed by atoms with Crippen LogP contribution in [0.4, 0.5) is 5.69 Å². The Morgan fingerprint density at radius 1 is 1.10 bits per heavy atom. The first kappa shape index (κ1) is 20.7. The van der Waals surface area contributed by atoms with Crippen molar-refractivity contribution in [1.29, 1.82) is 0 Å². The molecule has 3 aromatic carbocycles. The van der Waals surface area contributed by atoms with E-state index in [1.54, 1.807) is 18.2 Å². The Hall–Kier alpha value is -2.58. The second-order valence-corrected chi connectivity index (χ2v) is 8.64. The normalized spacial score (nSPS) is 10.9. The quantitative estimate of drug-likeness (QED) is 0.303. The fourth-order valence-electron chi connectivity index (χ4n) is 3.14. The predicted octanol–water partition coefficient (Wildman–Crippen LogP) is 6.39. The van der Waals surface area contributed by atoms with Crippen molar-refractivity contribution in [2.75, 3.05) is 11.9 Å². The number of carbonyl (C=O) groups excluding carboxylic acids is 1. The summed E-state index contributed by atoms with van der Waals surface area (Å²) in [7, 11) is 0. The Labute approximate surface area is 192 Å². The summed E-state index contributed by atoms with van der Waals surface area (Å²) < 4.78 is 12.5. The fourth-order valence-corrected chi connectivity index (χ4v) is 3.83. The Balaban J connectivity index is 1.48. The van der Waals surface area contributed by atoms with Gasteiger partial charge in [-0.25, -0.2) is 4.98 Å². The minimum atomic E-state index is -0.252. The lowest BCUT2D eigenvalue weighted by Gasteiger charge is -2.09. The standard InChI is InChI=1S/C23H18ClIN2O3/c1-13-7-14(2)9-17(8-13)29-12-22(28)26-16-4-6-21-20(11-16)27-23(30-21)18-10-15(25)3-5-19(18)24/h3-11H,12H2,1-2H3,(H,26,28). The summed E-state index contributed by atoms with van der Waals surface area (Å²) in [5.74, 6) is 0.863. The molecule has 0 saturated carbocycles. The third-order valence-corrected chi connectivity index (χ3v) is 5.40. The molecular formula is C23H18ClIN2O3. The lowest BCUT2D eigenvalue weighted by molar-refractivity contribution is -0.118. The first-order valence-corrected chi connectivity index (χ1v) is 10.7. The van der Waals surface area contributed by atoms with Crippen molar-refractivity contribution >= 4 is 56.9 Å². The minimum Gasteiger partial charge on any atom is -0.484 e. The highest BCUT2D eigenvalue weighted by Crippen LogP contribution is 2.32. The van der Waals surface area contributed by atoms with Crippen molar-refractivity contribution in [2.45, 2.75) is 13.8 Å². The topological polar surface area (TPSA) is 64.4 Å². The maximum absolute atomic E-state index is 12.3. The van der Waals surface area contributed by atoms with Crippen molar-refractivity contribution < 1.29 is 13.9 Å². The van der Waals surface area contributed by atoms with Gasteiger partial charge in [0.05, 0.1) is 10.6 Å². The molecule has 0 saturated heterocycles. The highest BCUT2D eigenvalue weighted by molar-refractivity contribution is 14.1. The van der Waals surface area contributed by atoms with Gasteiger partial charge in [0, 0.05) is 9.26 Å². The van der Waals surface area contributed by atoms with Crippen LogP contribution in [0.2, 0.25) is 5.02 Å². The van der Waals surface area contributed by atoms with Crippen molar-refractivity contribution in [3.8, 4) is 17.2 Å². The highest BCUT2D eigenvalue weighted by Gasteiger charge is 2.13. The maximum atomic E-state index is 12.3. The first-order valence-electron chi connectivity index (χ1n) is 9.24. The third-order valence-electron chi connectivity index (χ3n) is 4.40. The molecule has 0 atom stereocenters. The number of ether oxygens (including phenoxy) is 1. The van der Waals surface area contributed by atoms with Gasteiger partial charge in [0.25, 0.3) is 5.91 Å². The van der Waals surface area contributed by atoms with E-state index in [-0.39, 0.29) is 12.5 Å². The molecule has 4 aromatic rings. The number of carbonyl (C=O) groups is 1. The van der Waals surface area contributed by atoms with Crippen LogP contribution in [-0.4, -0.2) is 17.5 Å². The maximum Gasteiger partial charge on any atom is 0.262 e. The monoisotopic (exact) mass is 532 g/mol. The van der Waals surface area contributed by atoms with Crippen LogP contribution in [0.3, 0.4) is 0 Å². The van der Waals surface area contributed by atoms with Gasteiger partial charge in [-0.2, -0.15) is 0 Å². The molecule has 1 N–H and O–H groups in total. The molecule has 0 spiro atoms. The minimum absolute atomic E-state index is 0.0803. The van der Waals surface area contributed by atoms with Gasteiger partial charge >= 0.3 is 0 Å². The number of anilines is 1. The molecule has 0 fully saturated rings. The van der Waals surface area contributed by atoms with E-state index in [2.05, 4.69) is 39.0 Å². The number of fused-ring (bicyclic) bond motifs is 1. The number of nitrogens with zero attached hydrogens (tertiary/aromatic N) is 1. The Morgan fingerprint density at radius 3 is 2.63 bits per heavy atom. The molecule has 1 amide bonds. The highest BCUT2D eigenvalue weighted by atomic mass is 127. The van der Waals surface area contributed by atoms with Crippen LogP contribution in [0.15, 0.2) is 59.0 Å². The van der Waals surface area contributed by atoms with Crippen LogP contribution in [0, 0.1) is 17.4 Å². The number of oxazole rings is 1. The summed E-state index contributed by atoms with van der Waals surface area (Å²) in [6.45, 7) is 3.90. The summed E-state index contributed by atoms with van der Waals surface area (Å²) in [5, 5.41) is 3.40. The van der Waals surface area contributed by atoms with Gasteiger partial charge in [0.15, 0.2) is 12.2 Å². The van der Waals surface area contributed by atoms with Gasteiger partial charge in [-0.05, 0) is 96.1 Å². The van der Waals surface area contributed by atoms with Crippen LogP contribution in [0.5, 0.6) is 5.75 Å². The number of hydrogen-bond donors (Lipinski definition) is 1. The van der Waals surface area contributed by atoms with Crippen LogP contribution < -0.4 is 10.1 Å². The SMILES string of the molecule is Cc1cc(C)cc(OCC(=O)Nc2ccc3oc(-c4cc(I)ccc4Cl)nc3c2)c1. The number of amides is 1. The van der Waals surface area contributed by atoms with Crippen molar-refractivity contribution in [3.63, 3.8) is 0 Å². The average molecular weight is 533 g/mol. The van der Waals surface area contributed by atoms with Crippen molar-refractivity contribution in [2.24, 2.45) is 0 Å². The summed E-state index contributed by atoms with van der Waals surface area (Å²) >= 11 is 8.50. The molecule has 0 aliphatic heterocycles. The smallest absolute Gasteiger partial charge is 0.262 e. The molecule has 0 radical (unpaired) electrons. The number of rotatable bonds is 5. The summed E-state index contributed by atoms with van der Waals surface area (Å²) in [4.78, 5) is 16.8. The van der Waals surface area contributed by atoms with E-state index in [1.807, 2.05) is 44.2 Å². The molecule has 5 nitrogen and oxygen atoms in total. The Bertz CT molecular complexity index is 1230. The van der Waals surface area contributed by atoms with Crippen molar-refractivity contribution in [3.05, 3.63) is 74.3 Å². The van der Waals surface area contributed by atoms with Gasteiger partial charge in [0.1, 0.15) is 11.3 Å². The number of benzene rings is 3. The molecule has 7 heteroatoms. The van der Waals surface area contributed by atoms with E-state index in [1.165, 1.54) is 0 Å². The molecule has 1 aromatic heterocycles. The lowest BCUT2D eigenvalue weighted by Crippen LogP contribution is -2.20. The number of halogens is 2. The van der Waals surface area contributed by atoms with E-state index in [9.17, 15) is 4.79 Å². The Morgan fingerprint density at radius 2 is 1.87 bits per heavy atom. The van der Waals surface area contributed by atoms with E-state index >= 15 is 0 Å². The molecule has 0 aliphatic rings. The fraction of sp³-hybridized carbons (Fsp3) is 0.130. The van der Waals surface area contributed by atoms with Crippen LogP contribution in [0.25, 0.3) is 22.6 Å². The van der Waals surface area contributed by atoms with Crippen LogP contribution in [-0.2, 0) is 4.79 Å². The summed E-state index contributed by atoms with van der Waals surface area (Å²) in [6, 6.07) is 16.8. The molecule has 30 heavy (non-hydrogen) atoms. The number of aromatic nitrogens is 1. The van der Waals surface area contributed by atoms with E-state index < -0.39 is 0 Å². The zero-order chi connectivity index (χ0) is 21.3. The number of hydrogen-bond acceptors (Lipinski definition) is 4. The van der Waals surface area contributed by atoms with Gasteiger partial charge in [-0.3, -0.25) is 4.79 Å². The largest absolute Gasteiger partial charge is 0.484 e. The Kier molecular flexibility index (Phi) is 5.97. The third kappa shape index (κ3) is 4.76. The average Bonchev–Trinajstić information content (AvgIpc) is 3.10. The molecule has 1 heterocycles.